The van der Waals surface area contributed by atoms with Crippen molar-refractivity contribution in [1.29, 1.82) is 0 Å². The first kappa shape index (κ1) is 14.5. The molecule has 108 valence electrons. The molecule has 3 N–H and O–H groups in total. The Kier molecular flexibility index (Phi) is 4.62. The maximum Gasteiger partial charge on any atom is 0.280 e. The smallest absolute Gasteiger partial charge is 0.280 e. The number of rotatable bonds is 5. The standard InChI is InChI=1S/C12H21N3O3S/c1-10(12-5-3-7-18-12)14-19(16,17)15-6-2-4-11(8-13)9-15/h3,5,7,10-11,14H,2,4,6,8-9,13H2,1H3. The van der Waals surface area contributed by atoms with Crippen molar-refractivity contribution in [2.24, 2.45) is 11.7 Å². The number of piperidine rings is 1. The van der Waals surface area contributed by atoms with Gasteiger partial charge in [0.15, 0.2) is 0 Å². The van der Waals surface area contributed by atoms with E-state index in [4.69, 9.17) is 10.2 Å². The SMILES string of the molecule is CC(NS(=O)(=O)N1CCCC(CN)C1)c1ccco1. The molecule has 2 rings (SSSR count). The summed E-state index contributed by atoms with van der Waals surface area (Å²) in [5, 5.41) is 0. The summed E-state index contributed by atoms with van der Waals surface area (Å²) in [7, 11) is -3.48. The Morgan fingerprint density at radius 3 is 3.05 bits per heavy atom. The van der Waals surface area contributed by atoms with Crippen molar-refractivity contribution in [2.45, 2.75) is 25.8 Å². The van der Waals surface area contributed by atoms with Crippen molar-refractivity contribution in [2.75, 3.05) is 19.6 Å². The number of hydrogen-bond donors (Lipinski definition) is 2. The fraction of sp³-hybridized carbons (Fsp3) is 0.667. The first-order chi connectivity index (χ1) is 9.03. The second-order valence-electron chi connectivity index (χ2n) is 4.96. The average Bonchev–Trinajstić information content (AvgIpc) is 2.92. The quantitative estimate of drug-likeness (QED) is 0.840. The zero-order valence-corrected chi connectivity index (χ0v) is 11.9. The molecule has 6 nitrogen and oxygen atoms in total. The van der Waals surface area contributed by atoms with Crippen molar-refractivity contribution in [1.82, 2.24) is 9.03 Å². The van der Waals surface area contributed by atoms with Gasteiger partial charge in [0.25, 0.3) is 10.2 Å². The van der Waals surface area contributed by atoms with E-state index in [0.717, 1.165) is 12.8 Å². The Bertz CT molecular complexity index is 486. The van der Waals surface area contributed by atoms with Crippen molar-refractivity contribution >= 4 is 10.2 Å². The Morgan fingerprint density at radius 2 is 2.42 bits per heavy atom. The Labute approximate surface area is 114 Å². The van der Waals surface area contributed by atoms with E-state index >= 15 is 0 Å². The van der Waals surface area contributed by atoms with Gasteiger partial charge in [-0.3, -0.25) is 0 Å². The van der Waals surface area contributed by atoms with Crippen LogP contribution in [0.1, 0.15) is 31.6 Å². The Balaban J connectivity index is 2.01. The predicted molar refractivity (Wildman–Crippen MR) is 72.5 cm³/mol. The first-order valence-corrected chi connectivity index (χ1v) is 7.98. The molecule has 1 aromatic heterocycles. The first-order valence-electron chi connectivity index (χ1n) is 6.54. The van der Waals surface area contributed by atoms with Crippen LogP contribution >= 0.6 is 0 Å². The second kappa shape index (κ2) is 6.04. The van der Waals surface area contributed by atoms with Gasteiger partial charge in [-0.2, -0.15) is 17.4 Å². The molecule has 2 unspecified atom stereocenters. The summed E-state index contributed by atoms with van der Waals surface area (Å²) in [6, 6.07) is 3.12. The van der Waals surface area contributed by atoms with Crippen LogP contribution in [-0.2, 0) is 10.2 Å². The van der Waals surface area contributed by atoms with Crippen LogP contribution in [0.2, 0.25) is 0 Å². The third kappa shape index (κ3) is 3.56. The molecule has 1 saturated heterocycles. The molecule has 0 saturated carbocycles. The lowest BCUT2D eigenvalue weighted by Gasteiger charge is -2.31. The lowest BCUT2D eigenvalue weighted by atomic mass is 10.0. The van der Waals surface area contributed by atoms with Crippen LogP contribution in [-0.4, -0.2) is 32.4 Å². The topological polar surface area (TPSA) is 88.6 Å². The van der Waals surface area contributed by atoms with Gasteiger partial charge in [-0.1, -0.05) is 0 Å². The van der Waals surface area contributed by atoms with Crippen LogP contribution in [0, 0.1) is 5.92 Å². The van der Waals surface area contributed by atoms with Gasteiger partial charge in [0, 0.05) is 13.1 Å². The molecule has 1 aromatic rings. The van der Waals surface area contributed by atoms with Crippen LogP contribution in [0.15, 0.2) is 22.8 Å². The Morgan fingerprint density at radius 1 is 1.63 bits per heavy atom. The summed E-state index contributed by atoms with van der Waals surface area (Å²) in [5.74, 6) is 0.861. The van der Waals surface area contributed by atoms with Gasteiger partial charge >= 0.3 is 0 Å². The molecule has 7 heteroatoms. The molecule has 0 radical (unpaired) electrons. The minimum atomic E-state index is -3.48. The van der Waals surface area contributed by atoms with Gasteiger partial charge < -0.3 is 10.2 Å². The highest BCUT2D eigenvalue weighted by Gasteiger charge is 2.29. The van der Waals surface area contributed by atoms with E-state index in [-0.39, 0.29) is 12.0 Å². The second-order valence-corrected chi connectivity index (χ2v) is 6.66. The predicted octanol–water partition coefficient (Wildman–Crippen LogP) is 0.846. The minimum Gasteiger partial charge on any atom is -0.468 e. The molecule has 1 aliphatic heterocycles. The van der Waals surface area contributed by atoms with Crippen LogP contribution in [0.4, 0.5) is 0 Å². The van der Waals surface area contributed by atoms with Gasteiger partial charge in [0.05, 0.1) is 12.3 Å². The zero-order valence-electron chi connectivity index (χ0n) is 11.1. The third-order valence-electron chi connectivity index (χ3n) is 3.45. The van der Waals surface area contributed by atoms with Gasteiger partial charge in [-0.15, -0.1) is 0 Å². The van der Waals surface area contributed by atoms with Crippen molar-refractivity contribution in [3.8, 4) is 0 Å². The van der Waals surface area contributed by atoms with Gasteiger partial charge in [-0.05, 0) is 44.4 Å². The number of furan rings is 1. The maximum atomic E-state index is 12.3. The van der Waals surface area contributed by atoms with E-state index in [1.807, 2.05) is 0 Å². The van der Waals surface area contributed by atoms with E-state index in [9.17, 15) is 8.42 Å². The molecule has 1 aliphatic rings. The fourth-order valence-electron chi connectivity index (χ4n) is 2.33. The van der Waals surface area contributed by atoms with Gasteiger partial charge in [-0.25, -0.2) is 0 Å². The van der Waals surface area contributed by atoms with E-state index in [1.165, 1.54) is 10.6 Å². The molecule has 2 atom stereocenters. The third-order valence-corrected chi connectivity index (χ3v) is 5.11. The van der Waals surface area contributed by atoms with Crippen molar-refractivity contribution in [3.05, 3.63) is 24.2 Å². The molecule has 2 heterocycles. The zero-order chi connectivity index (χ0) is 13.9. The number of nitrogens with zero attached hydrogens (tertiary/aromatic N) is 1. The average molecular weight is 287 g/mol. The largest absolute Gasteiger partial charge is 0.468 e. The summed E-state index contributed by atoms with van der Waals surface area (Å²) < 4.78 is 33.9. The highest BCUT2D eigenvalue weighted by Crippen LogP contribution is 2.20. The van der Waals surface area contributed by atoms with Crippen LogP contribution in [0.25, 0.3) is 0 Å². The summed E-state index contributed by atoms with van der Waals surface area (Å²) in [6.45, 7) is 3.34. The summed E-state index contributed by atoms with van der Waals surface area (Å²) in [6.07, 6.45) is 3.39. The summed E-state index contributed by atoms with van der Waals surface area (Å²) >= 11 is 0. The highest BCUT2D eigenvalue weighted by atomic mass is 32.2. The molecule has 0 aliphatic carbocycles. The maximum absolute atomic E-state index is 12.3. The van der Waals surface area contributed by atoms with Crippen molar-refractivity contribution in [3.63, 3.8) is 0 Å². The number of nitrogens with two attached hydrogens (primary N) is 1. The van der Waals surface area contributed by atoms with E-state index in [0.29, 0.717) is 25.4 Å². The molecule has 19 heavy (non-hydrogen) atoms. The van der Waals surface area contributed by atoms with E-state index in [1.54, 1.807) is 19.1 Å². The highest BCUT2D eigenvalue weighted by molar-refractivity contribution is 7.87. The molecule has 0 spiro atoms. The monoisotopic (exact) mass is 287 g/mol. The fourth-order valence-corrected chi connectivity index (χ4v) is 3.82. The molecule has 0 amide bonds. The van der Waals surface area contributed by atoms with Gasteiger partial charge in [0.1, 0.15) is 5.76 Å². The van der Waals surface area contributed by atoms with Crippen LogP contribution in [0.3, 0.4) is 0 Å². The number of hydrogen-bond acceptors (Lipinski definition) is 4. The van der Waals surface area contributed by atoms with Crippen molar-refractivity contribution < 1.29 is 12.8 Å². The lowest BCUT2D eigenvalue weighted by Crippen LogP contribution is -2.47. The molecular formula is C12H21N3O3S. The summed E-state index contributed by atoms with van der Waals surface area (Å²) in [4.78, 5) is 0. The van der Waals surface area contributed by atoms with E-state index in [2.05, 4.69) is 4.72 Å². The summed E-state index contributed by atoms with van der Waals surface area (Å²) in [5.41, 5.74) is 5.63. The lowest BCUT2D eigenvalue weighted by molar-refractivity contribution is 0.267. The van der Waals surface area contributed by atoms with E-state index < -0.39 is 10.2 Å². The van der Waals surface area contributed by atoms with Crippen LogP contribution < -0.4 is 10.5 Å². The minimum absolute atomic E-state index is 0.254. The van der Waals surface area contributed by atoms with Crippen LogP contribution in [0.5, 0.6) is 0 Å². The molecule has 0 aromatic carbocycles. The molecular weight excluding hydrogens is 266 g/mol. The van der Waals surface area contributed by atoms with Gasteiger partial charge in [0.2, 0.25) is 0 Å². The normalized spacial score (nSPS) is 23.4. The Hall–Kier alpha value is -0.890. The number of nitrogens with one attached hydrogen (secondary N) is 1. The molecule has 1 fully saturated rings. The molecule has 0 bridgehead atoms.